The number of pyridine rings is 1. The van der Waals surface area contributed by atoms with Crippen LogP contribution in [0.15, 0.2) is 12.3 Å². The van der Waals surface area contributed by atoms with E-state index in [-0.39, 0.29) is 11.5 Å². The lowest BCUT2D eigenvalue weighted by Gasteiger charge is -2.25. The molecule has 6 heteroatoms. The van der Waals surface area contributed by atoms with E-state index in [1.807, 2.05) is 13.8 Å². The topological polar surface area (TPSA) is 54.5 Å². The van der Waals surface area contributed by atoms with Gasteiger partial charge in [0, 0.05) is 27.2 Å². The minimum absolute atomic E-state index is 0.240. The van der Waals surface area contributed by atoms with E-state index in [4.69, 9.17) is 4.74 Å². The third-order valence-corrected chi connectivity index (χ3v) is 2.76. The lowest BCUT2D eigenvalue weighted by atomic mass is 10.1. The molecule has 112 valence electrons. The van der Waals surface area contributed by atoms with Crippen LogP contribution in [-0.2, 0) is 4.74 Å². The summed E-state index contributed by atoms with van der Waals surface area (Å²) in [6.07, 6.45) is 1.09. The lowest BCUT2D eigenvalue weighted by molar-refractivity contribution is 0.0672. The standard InChI is InChI=1S/C14H22FN3O2/c1-10(2)9-18(5-6-20-4)14(19)12-7-11(15)8-17-13(12)16-3/h7-8,10H,5-6,9H2,1-4H3,(H,16,17). The van der Waals surface area contributed by atoms with Crippen molar-refractivity contribution in [2.75, 3.05) is 39.2 Å². The van der Waals surface area contributed by atoms with E-state index in [9.17, 15) is 9.18 Å². The van der Waals surface area contributed by atoms with E-state index >= 15 is 0 Å². The van der Waals surface area contributed by atoms with Crippen LogP contribution in [0.25, 0.3) is 0 Å². The zero-order valence-corrected chi connectivity index (χ0v) is 12.4. The Morgan fingerprint density at radius 3 is 2.80 bits per heavy atom. The van der Waals surface area contributed by atoms with Gasteiger partial charge >= 0.3 is 0 Å². The van der Waals surface area contributed by atoms with Gasteiger partial charge in [-0.05, 0) is 12.0 Å². The van der Waals surface area contributed by atoms with E-state index in [1.54, 1.807) is 19.1 Å². The highest BCUT2D eigenvalue weighted by Gasteiger charge is 2.20. The number of halogens is 1. The molecule has 0 bridgehead atoms. The fourth-order valence-electron chi connectivity index (χ4n) is 1.89. The first-order valence-electron chi connectivity index (χ1n) is 6.61. The maximum absolute atomic E-state index is 13.3. The number of hydrogen-bond donors (Lipinski definition) is 1. The molecule has 0 radical (unpaired) electrons. The molecule has 0 aromatic carbocycles. The second-order valence-electron chi connectivity index (χ2n) is 4.94. The van der Waals surface area contributed by atoms with Crippen molar-refractivity contribution >= 4 is 11.7 Å². The zero-order chi connectivity index (χ0) is 15.1. The van der Waals surface area contributed by atoms with Crippen molar-refractivity contribution in [3.8, 4) is 0 Å². The van der Waals surface area contributed by atoms with Gasteiger partial charge in [0.2, 0.25) is 0 Å². The minimum Gasteiger partial charge on any atom is -0.383 e. The van der Waals surface area contributed by atoms with Gasteiger partial charge in [-0.2, -0.15) is 0 Å². The first-order valence-corrected chi connectivity index (χ1v) is 6.61. The van der Waals surface area contributed by atoms with E-state index in [1.165, 1.54) is 6.07 Å². The van der Waals surface area contributed by atoms with Gasteiger partial charge in [-0.1, -0.05) is 13.8 Å². The highest BCUT2D eigenvalue weighted by Crippen LogP contribution is 2.16. The number of amides is 1. The molecule has 0 spiro atoms. The zero-order valence-electron chi connectivity index (χ0n) is 12.4. The van der Waals surface area contributed by atoms with Crippen LogP contribution in [0, 0.1) is 11.7 Å². The predicted molar refractivity (Wildman–Crippen MR) is 76.4 cm³/mol. The van der Waals surface area contributed by atoms with Crippen LogP contribution in [0.2, 0.25) is 0 Å². The van der Waals surface area contributed by atoms with Crippen LogP contribution in [0.3, 0.4) is 0 Å². The molecule has 1 heterocycles. The molecular weight excluding hydrogens is 261 g/mol. The molecule has 1 aromatic rings. The Balaban J connectivity index is 3.00. The maximum atomic E-state index is 13.3. The van der Waals surface area contributed by atoms with Gasteiger partial charge in [0.25, 0.3) is 5.91 Å². The summed E-state index contributed by atoms with van der Waals surface area (Å²) in [5.41, 5.74) is 0.240. The Labute approximate surface area is 119 Å². The molecule has 0 aliphatic carbocycles. The van der Waals surface area contributed by atoms with Crippen LogP contribution in [-0.4, -0.2) is 49.6 Å². The van der Waals surface area contributed by atoms with Crippen molar-refractivity contribution in [2.24, 2.45) is 5.92 Å². The molecule has 1 N–H and O–H groups in total. The van der Waals surface area contributed by atoms with E-state index in [0.717, 1.165) is 6.20 Å². The number of nitrogens with zero attached hydrogens (tertiary/aromatic N) is 2. The Morgan fingerprint density at radius 2 is 2.25 bits per heavy atom. The maximum Gasteiger partial charge on any atom is 0.257 e. The van der Waals surface area contributed by atoms with Gasteiger partial charge in [0.05, 0.1) is 18.4 Å². The number of carbonyl (C=O) groups excluding carboxylic acids is 1. The molecule has 1 aromatic heterocycles. The number of aromatic nitrogens is 1. The van der Waals surface area contributed by atoms with Crippen LogP contribution >= 0.6 is 0 Å². The monoisotopic (exact) mass is 283 g/mol. The molecule has 0 aliphatic heterocycles. The third kappa shape index (κ3) is 4.45. The number of anilines is 1. The van der Waals surface area contributed by atoms with Gasteiger partial charge in [-0.3, -0.25) is 4.79 Å². The number of carbonyl (C=O) groups is 1. The van der Waals surface area contributed by atoms with Crippen LogP contribution in [0.5, 0.6) is 0 Å². The first-order chi connectivity index (χ1) is 9.49. The van der Waals surface area contributed by atoms with Gasteiger partial charge in [-0.15, -0.1) is 0 Å². The van der Waals surface area contributed by atoms with Crippen molar-refractivity contribution in [3.63, 3.8) is 0 Å². The number of methoxy groups -OCH3 is 1. The minimum atomic E-state index is -0.524. The molecule has 0 saturated carbocycles. The summed E-state index contributed by atoms with van der Waals surface area (Å²) in [5.74, 6) is -0.0754. The quantitative estimate of drug-likeness (QED) is 0.831. The number of ether oxygens (including phenoxy) is 1. The summed E-state index contributed by atoms with van der Waals surface area (Å²) in [5, 5.41) is 2.81. The second kappa shape index (κ2) is 7.79. The summed E-state index contributed by atoms with van der Waals surface area (Å²) in [4.78, 5) is 18.1. The SMILES string of the molecule is CNc1ncc(F)cc1C(=O)N(CCOC)CC(C)C. The molecule has 0 unspecified atom stereocenters. The third-order valence-electron chi connectivity index (χ3n) is 2.76. The van der Waals surface area contributed by atoms with Crippen molar-refractivity contribution in [2.45, 2.75) is 13.8 Å². The van der Waals surface area contributed by atoms with Crippen LogP contribution < -0.4 is 5.32 Å². The van der Waals surface area contributed by atoms with Gasteiger partial charge in [0.15, 0.2) is 0 Å². The second-order valence-corrected chi connectivity index (χ2v) is 4.94. The first kappa shape index (κ1) is 16.4. The van der Waals surface area contributed by atoms with Crippen molar-refractivity contribution in [3.05, 3.63) is 23.6 Å². The van der Waals surface area contributed by atoms with Crippen LogP contribution in [0.4, 0.5) is 10.2 Å². The Hall–Kier alpha value is -1.69. The average molecular weight is 283 g/mol. The molecule has 0 saturated heterocycles. The smallest absolute Gasteiger partial charge is 0.257 e. The molecule has 0 atom stereocenters. The van der Waals surface area contributed by atoms with Crippen molar-refractivity contribution in [1.29, 1.82) is 0 Å². The molecule has 1 amide bonds. The van der Waals surface area contributed by atoms with E-state index in [2.05, 4.69) is 10.3 Å². The Kier molecular flexibility index (Phi) is 6.38. The lowest BCUT2D eigenvalue weighted by Crippen LogP contribution is -2.37. The normalized spacial score (nSPS) is 10.7. The van der Waals surface area contributed by atoms with Crippen molar-refractivity contribution < 1.29 is 13.9 Å². The molecule has 1 rings (SSSR count). The molecular formula is C14H22FN3O2. The number of nitrogens with one attached hydrogen (secondary N) is 1. The Bertz CT molecular complexity index is 452. The highest BCUT2D eigenvalue weighted by atomic mass is 19.1. The van der Waals surface area contributed by atoms with Gasteiger partial charge < -0.3 is 15.0 Å². The fourth-order valence-corrected chi connectivity index (χ4v) is 1.89. The van der Waals surface area contributed by atoms with Gasteiger partial charge in [0.1, 0.15) is 11.6 Å². The molecule has 20 heavy (non-hydrogen) atoms. The van der Waals surface area contributed by atoms with Crippen LogP contribution in [0.1, 0.15) is 24.2 Å². The summed E-state index contributed by atoms with van der Waals surface area (Å²) < 4.78 is 18.4. The van der Waals surface area contributed by atoms with Gasteiger partial charge in [-0.25, -0.2) is 9.37 Å². The van der Waals surface area contributed by atoms with E-state index < -0.39 is 5.82 Å². The number of rotatable bonds is 7. The van der Waals surface area contributed by atoms with Crippen molar-refractivity contribution in [1.82, 2.24) is 9.88 Å². The molecule has 0 fully saturated rings. The average Bonchev–Trinajstić information content (AvgIpc) is 2.42. The summed E-state index contributed by atoms with van der Waals surface area (Å²) in [7, 11) is 3.24. The predicted octanol–water partition coefficient (Wildman–Crippen LogP) is 2.01. The molecule has 0 aliphatic rings. The summed E-state index contributed by atoms with van der Waals surface area (Å²) in [6.45, 7) is 5.54. The highest BCUT2D eigenvalue weighted by molar-refractivity contribution is 5.98. The number of hydrogen-bond acceptors (Lipinski definition) is 4. The van der Waals surface area contributed by atoms with E-state index in [0.29, 0.717) is 31.4 Å². The fraction of sp³-hybridized carbons (Fsp3) is 0.571. The largest absolute Gasteiger partial charge is 0.383 e. The molecule has 5 nitrogen and oxygen atoms in total. The summed E-state index contributed by atoms with van der Waals surface area (Å²) in [6, 6.07) is 1.21. The summed E-state index contributed by atoms with van der Waals surface area (Å²) >= 11 is 0. The Morgan fingerprint density at radius 1 is 1.55 bits per heavy atom.